The average Bonchev–Trinajstić information content (AvgIpc) is 2.75. The van der Waals surface area contributed by atoms with Gasteiger partial charge in [-0.15, -0.1) is 10.2 Å². The third-order valence-corrected chi connectivity index (χ3v) is 2.97. The van der Waals surface area contributed by atoms with Gasteiger partial charge >= 0.3 is 0 Å². The predicted molar refractivity (Wildman–Crippen MR) is 56.7 cm³/mol. The van der Waals surface area contributed by atoms with E-state index in [0.717, 1.165) is 19.5 Å². The summed E-state index contributed by atoms with van der Waals surface area (Å²) in [6, 6.07) is 0.196. The zero-order valence-electron chi connectivity index (χ0n) is 9.47. The molecule has 2 unspecified atom stereocenters. The van der Waals surface area contributed by atoms with Crippen molar-refractivity contribution in [3.8, 4) is 0 Å². The first kappa shape index (κ1) is 11.0. The molecule has 7 nitrogen and oxygen atoms in total. The Morgan fingerprint density at radius 3 is 3.06 bits per heavy atom. The molecule has 2 N–H and O–H groups in total. The van der Waals surface area contributed by atoms with Crippen LogP contribution in [0.1, 0.15) is 24.0 Å². The molecule has 88 valence electrons. The topological polar surface area (TPSA) is 86.8 Å². The standard InChI is InChI=1S/C9H16N6O/c1-6-5-15(2)4-3-7(6)10-9(16)8-11-13-14-12-8/h6-7H,3-5H2,1-2H3,(H,10,16)(H,11,12,13,14). The van der Waals surface area contributed by atoms with Crippen molar-refractivity contribution >= 4 is 5.91 Å². The molecule has 2 heterocycles. The molecule has 2 rings (SSSR count). The van der Waals surface area contributed by atoms with Crippen molar-refractivity contribution in [1.82, 2.24) is 30.8 Å². The van der Waals surface area contributed by atoms with Crippen molar-refractivity contribution in [2.75, 3.05) is 20.1 Å². The number of hydrogen-bond acceptors (Lipinski definition) is 5. The zero-order valence-corrected chi connectivity index (χ0v) is 9.47. The molecule has 7 heteroatoms. The molecule has 16 heavy (non-hydrogen) atoms. The number of aromatic nitrogens is 4. The number of H-pyrrole nitrogens is 1. The van der Waals surface area contributed by atoms with E-state index in [1.807, 2.05) is 0 Å². The molecule has 1 aromatic heterocycles. The molecule has 1 aromatic rings. The molecule has 1 aliphatic rings. The van der Waals surface area contributed by atoms with E-state index in [1.54, 1.807) is 0 Å². The fraction of sp³-hybridized carbons (Fsp3) is 0.778. The third kappa shape index (κ3) is 2.35. The summed E-state index contributed by atoms with van der Waals surface area (Å²) in [7, 11) is 2.09. The van der Waals surface area contributed by atoms with Crippen molar-refractivity contribution < 1.29 is 4.79 Å². The summed E-state index contributed by atoms with van der Waals surface area (Å²) in [6.45, 7) is 4.13. The lowest BCUT2D eigenvalue weighted by Gasteiger charge is -2.34. The maximum absolute atomic E-state index is 11.7. The van der Waals surface area contributed by atoms with Crippen LogP contribution in [-0.2, 0) is 0 Å². The molecule has 0 saturated carbocycles. The lowest BCUT2D eigenvalue weighted by molar-refractivity contribution is 0.0873. The molecular weight excluding hydrogens is 208 g/mol. The Morgan fingerprint density at radius 1 is 1.62 bits per heavy atom. The molecule has 0 aromatic carbocycles. The summed E-state index contributed by atoms with van der Waals surface area (Å²) in [5.74, 6) is 0.288. The van der Waals surface area contributed by atoms with E-state index in [0.29, 0.717) is 5.92 Å². The van der Waals surface area contributed by atoms with E-state index in [4.69, 9.17) is 0 Å². The van der Waals surface area contributed by atoms with Gasteiger partial charge in [0.1, 0.15) is 0 Å². The quantitative estimate of drug-likeness (QED) is 0.691. The van der Waals surface area contributed by atoms with Gasteiger partial charge in [0.2, 0.25) is 0 Å². The van der Waals surface area contributed by atoms with Crippen LogP contribution in [0.3, 0.4) is 0 Å². The minimum absolute atomic E-state index is 0.103. The molecule has 0 bridgehead atoms. The van der Waals surface area contributed by atoms with Crippen LogP contribution in [0.2, 0.25) is 0 Å². The molecule has 2 atom stereocenters. The summed E-state index contributed by atoms with van der Waals surface area (Å²) >= 11 is 0. The van der Waals surface area contributed by atoms with Gasteiger partial charge in [-0.3, -0.25) is 4.79 Å². The Labute approximate surface area is 93.6 Å². The summed E-state index contributed by atoms with van der Waals surface area (Å²) < 4.78 is 0. The van der Waals surface area contributed by atoms with Crippen LogP contribution < -0.4 is 5.32 Å². The lowest BCUT2D eigenvalue weighted by Crippen LogP contribution is -2.49. The van der Waals surface area contributed by atoms with Crippen LogP contribution in [0.4, 0.5) is 0 Å². The van der Waals surface area contributed by atoms with Crippen LogP contribution in [0, 0.1) is 5.92 Å². The number of likely N-dealkylation sites (tertiary alicyclic amines) is 1. The van der Waals surface area contributed by atoms with Crippen molar-refractivity contribution in [3.63, 3.8) is 0 Å². The van der Waals surface area contributed by atoms with Crippen LogP contribution >= 0.6 is 0 Å². The van der Waals surface area contributed by atoms with Gasteiger partial charge in [0, 0.05) is 12.6 Å². The minimum Gasteiger partial charge on any atom is -0.346 e. The molecule has 1 fully saturated rings. The van der Waals surface area contributed by atoms with E-state index < -0.39 is 0 Å². The largest absolute Gasteiger partial charge is 0.346 e. The molecular formula is C9H16N6O. The maximum Gasteiger partial charge on any atom is 0.293 e. The normalized spacial score (nSPS) is 26.6. The Morgan fingerprint density at radius 2 is 2.44 bits per heavy atom. The number of carbonyl (C=O) groups excluding carboxylic acids is 1. The molecule has 1 saturated heterocycles. The van der Waals surface area contributed by atoms with Crippen LogP contribution in [-0.4, -0.2) is 57.6 Å². The number of rotatable bonds is 2. The fourth-order valence-electron chi connectivity index (χ4n) is 2.06. The van der Waals surface area contributed by atoms with Gasteiger partial charge in [-0.25, -0.2) is 0 Å². The summed E-state index contributed by atoms with van der Waals surface area (Å²) in [4.78, 5) is 14.0. The second kappa shape index (κ2) is 4.56. The maximum atomic E-state index is 11.7. The second-order valence-corrected chi connectivity index (χ2v) is 4.34. The van der Waals surface area contributed by atoms with Crippen LogP contribution in [0.15, 0.2) is 0 Å². The first-order valence-corrected chi connectivity index (χ1v) is 5.39. The van der Waals surface area contributed by atoms with Crippen LogP contribution in [0.5, 0.6) is 0 Å². The first-order valence-electron chi connectivity index (χ1n) is 5.39. The van der Waals surface area contributed by atoms with Gasteiger partial charge in [0.15, 0.2) is 0 Å². The smallest absolute Gasteiger partial charge is 0.293 e. The SMILES string of the molecule is CC1CN(C)CCC1NC(=O)c1nn[nH]n1. The molecule has 0 radical (unpaired) electrons. The Kier molecular flexibility index (Phi) is 3.14. The predicted octanol–water partition coefficient (Wildman–Crippen LogP) is -0.730. The van der Waals surface area contributed by atoms with E-state index in [1.165, 1.54) is 0 Å². The Balaban J connectivity index is 1.92. The highest BCUT2D eigenvalue weighted by Crippen LogP contribution is 2.15. The van der Waals surface area contributed by atoms with E-state index in [2.05, 4.69) is 44.8 Å². The highest BCUT2D eigenvalue weighted by atomic mass is 16.2. The second-order valence-electron chi connectivity index (χ2n) is 4.34. The van der Waals surface area contributed by atoms with Gasteiger partial charge in [-0.05, 0) is 31.1 Å². The molecule has 1 amide bonds. The summed E-state index contributed by atoms with van der Waals surface area (Å²) in [6.07, 6.45) is 0.960. The Bertz CT molecular complexity index is 351. The number of nitrogens with zero attached hydrogens (tertiary/aromatic N) is 4. The fourth-order valence-corrected chi connectivity index (χ4v) is 2.06. The van der Waals surface area contributed by atoms with E-state index >= 15 is 0 Å². The number of piperidine rings is 1. The number of nitrogens with one attached hydrogen (secondary N) is 2. The monoisotopic (exact) mass is 224 g/mol. The highest BCUT2D eigenvalue weighted by molar-refractivity contribution is 5.90. The van der Waals surface area contributed by atoms with E-state index in [9.17, 15) is 4.79 Å². The molecule has 1 aliphatic heterocycles. The number of aromatic amines is 1. The lowest BCUT2D eigenvalue weighted by atomic mass is 9.94. The van der Waals surface area contributed by atoms with Crippen molar-refractivity contribution in [1.29, 1.82) is 0 Å². The van der Waals surface area contributed by atoms with Crippen molar-refractivity contribution in [2.45, 2.75) is 19.4 Å². The summed E-state index contributed by atoms with van der Waals surface area (Å²) in [5, 5.41) is 15.9. The van der Waals surface area contributed by atoms with E-state index in [-0.39, 0.29) is 17.8 Å². The van der Waals surface area contributed by atoms with Gasteiger partial charge in [-0.2, -0.15) is 5.21 Å². The molecule has 0 spiro atoms. The Hall–Kier alpha value is -1.50. The summed E-state index contributed by atoms with van der Waals surface area (Å²) in [5.41, 5.74) is 0. The number of hydrogen-bond donors (Lipinski definition) is 2. The minimum atomic E-state index is -0.254. The zero-order chi connectivity index (χ0) is 11.5. The number of tetrazole rings is 1. The first-order chi connectivity index (χ1) is 7.66. The molecule has 0 aliphatic carbocycles. The van der Waals surface area contributed by atoms with Gasteiger partial charge in [-0.1, -0.05) is 6.92 Å². The number of carbonyl (C=O) groups is 1. The van der Waals surface area contributed by atoms with Crippen LogP contribution in [0.25, 0.3) is 0 Å². The number of amides is 1. The van der Waals surface area contributed by atoms with Gasteiger partial charge in [0.05, 0.1) is 0 Å². The van der Waals surface area contributed by atoms with Gasteiger partial charge < -0.3 is 10.2 Å². The average molecular weight is 224 g/mol. The van der Waals surface area contributed by atoms with Gasteiger partial charge in [0.25, 0.3) is 11.7 Å². The highest BCUT2D eigenvalue weighted by Gasteiger charge is 2.26. The van der Waals surface area contributed by atoms with Crippen molar-refractivity contribution in [3.05, 3.63) is 5.82 Å². The van der Waals surface area contributed by atoms with Crippen molar-refractivity contribution in [2.24, 2.45) is 5.92 Å². The third-order valence-electron chi connectivity index (χ3n) is 2.97.